The normalized spacial score (nSPS) is 12.5. The first-order chi connectivity index (χ1) is 9.78. The number of fused-ring (bicyclic) bond motifs is 1. The largest absolute Gasteiger partial charge is 0.360 e. The fourth-order valence-electron chi connectivity index (χ4n) is 1.90. The molecule has 0 aliphatic heterocycles. The van der Waals surface area contributed by atoms with Gasteiger partial charge in [-0.2, -0.15) is 15.1 Å². The average molecular weight is 289 g/mol. The molecule has 8 heteroatoms. The van der Waals surface area contributed by atoms with E-state index in [1.54, 1.807) is 23.7 Å². The van der Waals surface area contributed by atoms with Gasteiger partial charge in [-0.15, -0.1) is 11.3 Å². The van der Waals surface area contributed by atoms with Crippen LogP contribution >= 0.6 is 11.3 Å². The van der Waals surface area contributed by atoms with Gasteiger partial charge in [0, 0.05) is 18.1 Å². The molecule has 0 saturated carbocycles. The number of nitrogens with one attached hydrogen (secondary N) is 3. The van der Waals surface area contributed by atoms with E-state index < -0.39 is 0 Å². The number of H-pyrrole nitrogens is 1. The number of hydrogen-bond acceptors (Lipinski definition) is 7. The lowest BCUT2D eigenvalue weighted by molar-refractivity contribution is 0.862. The van der Waals surface area contributed by atoms with Crippen molar-refractivity contribution < 1.29 is 0 Å². The van der Waals surface area contributed by atoms with Gasteiger partial charge in [0.2, 0.25) is 5.95 Å². The van der Waals surface area contributed by atoms with Crippen LogP contribution in [0.5, 0.6) is 0 Å². The van der Waals surface area contributed by atoms with E-state index in [2.05, 4.69) is 42.7 Å². The van der Waals surface area contributed by atoms with E-state index in [1.165, 1.54) is 0 Å². The standard InChI is InChI=1S/C12H15N7S/c1-3-13-12-17-9(8-6-15-19-10(8)18-12)16-7(2)11-14-4-5-20-11/h4-7H,3H2,1-2H3,(H3,13,15,16,17,18,19). The van der Waals surface area contributed by atoms with Crippen molar-refractivity contribution in [1.29, 1.82) is 0 Å². The number of aromatic amines is 1. The molecule has 0 aliphatic carbocycles. The topological polar surface area (TPSA) is 91.4 Å². The van der Waals surface area contributed by atoms with Gasteiger partial charge in [-0.3, -0.25) is 5.10 Å². The van der Waals surface area contributed by atoms with Crippen molar-refractivity contribution in [3.05, 3.63) is 22.8 Å². The molecule has 3 heterocycles. The van der Waals surface area contributed by atoms with Crippen molar-refractivity contribution in [2.45, 2.75) is 19.9 Å². The van der Waals surface area contributed by atoms with Gasteiger partial charge in [0.1, 0.15) is 10.8 Å². The Balaban J connectivity index is 1.94. The van der Waals surface area contributed by atoms with E-state index in [4.69, 9.17) is 0 Å². The van der Waals surface area contributed by atoms with E-state index in [1.807, 2.05) is 12.3 Å². The minimum Gasteiger partial charge on any atom is -0.360 e. The predicted molar refractivity (Wildman–Crippen MR) is 80.0 cm³/mol. The maximum atomic E-state index is 4.50. The van der Waals surface area contributed by atoms with Crippen molar-refractivity contribution in [1.82, 2.24) is 25.1 Å². The van der Waals surface area contributed by atoms with Crippen molar-refractivity contribution in [2.24, 2.45) is 0 Å². The second kappa shape index (κ2) is 5.41. The SMILES string of the molecule is CCNc1nc(NC(C)c2nccs2)c2cn[nH]c2n1. The zero-order valence-corrected chi connectivity index (χ0v) is 12.0. The van der Waals surface area contributed by atoms with Crippen LogP contribution in [0.25, 0.3) is 11.0 Å². The van der Waals surface area contributed by atoms with Crippen LogP contribution < -0.4 is 10.6 Å². The molecule has 0 amide bonds. The molecule has 0 radical (unpaired) electrons. The smallest absolute Gasteiger partial charge is 0.226 e. The van der Waals surface area contributed by atoms with Crippen LogP contribution in [0.2, 0.25) is 0 Å². The van der Waals surface area contributed by atoms with E-state index in [0.29, 0.717) is 11.6 Å². The molecule has 0 saturated heterocycles. The number of aromatic nitrogens is 5. The second-order valence-electron chi connectivity index (χ2n) is 4.29. The van der Waals surface area contributed by atoms with Crippen LogP contribution in [0.15, 0.2) is 17.8 Å². The van der Waals surface area contributed by atoms with Gasteiger partial charge in [0.25, 0.3) is 0 Å². The highest BCUT2D eigenvalue weighted by Crippen LogP contribution is 2.25. The molecular formula is C12H15N7S. The summed E-state index contributed by atoms with van der Waals surface area (Å²) in [6.45, 7) is 4.83. The molecule has 0 spiro atoms. The Morgan fingerprint density at radius 3 is 3.05 bits per heavy atom. The lowest BCUT2D eigenvalue weighted by Gasteiger charge is -2.13. The molecule has 0 bridgehead atoms. The zero-order valence-electron chi connectivity index (χ0n) is 11.2. The Morgan fingerprint density at radius 2 is 2.30 bits per heavy atom. The molecule has 1 atom stereocenters. The van der Waals surface area contributed by atoms with E-state index in [0.717, 1.165) is 22.8 Å². The van der Waals surface area contributed by atoms with Crippen LogP contribution in [-0.2, 0) is 0 Å². The van der Waals surface area contributed by atoms with Gasteiger partial charge in [0.15, 0.2) is 5.65 Å². The summed E-state index contributed by atoms with van der Waals surface area (Å²) < 4.78 is 0. The predicted octanol–water partition coefficient (Wildman–Crippen LogP) is 2.41. The Hall–Kier alpha value is -2.22. The summed E-state index contributed by atoms with van der Waals surface area (Å²) in [5, 5.41) is 17.2. The third-order valence-electron chi connectivity index (χ3n) is 2.82. The highest BCUT2D eigenvalue weighted by atomic mass is 32.1. The molecule has 0 aliphatic rings. The maximum Gasteiger partial charge on any atom is 0.226 e. The Labute approximate surface area is 119 Å². The minimum atomic E-state index is 0.0810. The van der Waals surface area contributed by atoms with Gasteiger partial charge in [-0.05, 0) is 13.8 Å². The molecule has 20 heavy (non-hydrogen) atoms. The van der Waals surface area contributed by atoms with E-state index in [9.17, 15) is 0 Å². The quantitative estimate of drug-likeness (QED) is 0.668. The molecular weight excluding hydrogens is 274 g/mol. The van der Waals surface area contributed by atoms with Crippen LogP contribution in [-0.4, -0.2) is 31.7 Å². The first-order valence-electron chi connectivity index (χ1n) is 6.39. The average Bonchev–Trinajstić information content (AvgIpc) is 3.10. The number of nitrogens with zero attached hydrogens (tertiary/aromatic N) is 4. The molecule has 3 rings (SSSR count). The van der Waals surface area contributed by atoms with Gasteiger partial charge in [0.05, 0.1) is 17.6 Å². The lowest BCUT2D eigenvalue weighted by atomic mass is 10.3. The third kappa shape index (κ3) is 2.42. The van der Waals surface area contributed by atoms with E-state index in [-0.39, 0.29) is 6.04 Å². The number of anilines is 2. The molecule has 104 valence electrons. The van der Waals surface area contributed by atoms with Crippen molar-refractivity contribution in [3.63, 3.8) is 0 Å². The van der Waals surface area contributed by atoms with Crippen LogP contribution in [0.4, 0.5) is 11.8 Å². The van der Waals surface area contributed by atoms with Gasteiger partial charge >= 0.3 is 0 Å². The summed E-state index contributed by atoms with van der Waals surface area (Å²) >= 11 is 1.62. The van der Waals surface area contributed by atoms with Crippen LogP contribution in [0.1, 0.15) is 24.9 Å². The Morgan fingerprint density at radius 1 is 1.40 bits per heavy atom. The van der Waals surface area contributed by atoms with Gasteiger partial charge in [-0.1, -0.05) is 0 Å². The zero-order chi connectivity index (χ0) is 13.9. The molecule has 3 aromatic rings. The highest BCUT2D eigenvalue weighted by molar-refractivity contribution is 7.09. The fraction of sp³-hybridized carbons (Fsp3) is 0.333. The van der Waals surface area contributed by atoms with Crippen molar-refractivity contribution in [3.8, 4) is 0 Å². The third-order valence-corrected chi connectivity index (χ3v) is 3.78. The molecule has 7 nitrogen and oxygen atoms in total. The molecule has 0 aromatic carbocycles. The monoisotopic (exact) mass is 289 g/mol. The Kier molecular flexibility index (Phi) is 3.46. The summed E-state index contributed by atoms with van der Waals surface area (Å²) in [6.07, 6.45) is 3.53. The summed E-state index contributed by atoms with van der Waals surface area (Å²) in [7, 11) is 0. The first kappa shape index (κ1) is 12.8. The van der Waals surface area contributed by atoms with E-state index >= 15 is 0 Å². The van der Waals surface area contributed by atoms with Crippen LogP contribution in [0, 0.1) is 0 Å². The number of thiazole rings is 1. The molecule has 3 N–H and O–H groups in total. The summed E-state index contributed by atoms with van der Waals surface area (Å²) in [5.74, 6) is 1.33. The fourth-order valence-corrected chi connectivity index (χ4v) is 2.54. The number of hydrogen-bond donors (Lipinski definition) is 3. The van der Waals surface area contributed by atoms with Gasteiger partial charge < -0.3 is 10.6 Å². The lowest BCUT2D eigenvalue weighted by Crippen LogP contribution is -2.10. The molecule has 1 unspecified atom stereocenters. The second-order valence-corrected chi connectivity index (χ2v) is 5.22. The molecule has 3 aromatic heterocycles. The van der Waals surface area contributed by atoms with Crippen LogP contribution in [0.3, 0.4) is 0 Å². The first-order valence-corrected chi connectivity index (χ1v) is 7.26. The van der Waals surface area contributed by atoms with Crippen molar-refractivity contribution >= 4 is 34.1 Å². The number of rotatable bonds is 5. The highest BCUT2D eigenvalue weighted by Gasteiger charge is 2.14. The minimum absolute atomic E-state index is 0.0810. The summed E-state index contributed by atoms with van der Waals surface area (Å²) in [4.78, 5) is 13.2. The maximum absolute atomic E-state index is 4.50. The Bertz CT molecular complexity index is 691. The summed E-state index contributed by atoms with van der Waals surface area (Å²) in [6, 6.07) is 0.0810. The summed E-state index contributed by atoms with van der Waals surface area (Å²) in [5.41, 5.74) is 0.713. The van der Waals surface area contributed by atoms with Gasteiger partial charge in [-0.25, -0.2) is 4.98 Å². The molecule has 0 fully saturated rings. The van der Waals surface area contributed by atoms with Crippen molar-refractivity contribution in [2.75, 3.05) is 17.2 Å².